The van der Waals surface area contributed by atoms with Gasteiger partial charge in [-0.25, -0.2) is 4.39 Å². The molecular formula is C6HBrCl2FN2+. The largest absolute Gasteiger partial charge is 0.420 e. The molecule has 0 aliphatic carbocycles. The molecule has 1 rings (SSSR count). The van der Waals surface area contributed by atoms with E-state index >= 15 is 0 Å². The summed E-state index contributed by atoms with van der Waals surface area (Å²) >= 11 is 13.9. The number of halogens is 4. The number of benzene rings is 1. The van der Waals surface area contributed by atoms with E-state index in [9.17, 15) is 4.39 Å². The van der Waals surface area contributed by atoms with Crippen LogP contribution in [0.5, 0.6) is 0 Å². The van der Waals surface area contributed by atoms with Crippen molar-refractivity contribution in [3.63, 3.8) is 0 Å². The summed E-state index contributed by atoms with van der Waals surface area (Å²) in [6, 6.07) is 1.26. The quantitative estimate of drug-likeness (QED) is 0.391. The van der Waals surface area contributed by atoms with Gasteiger partial charge < -0.3 is 0 Å². The molecule has 0 aromatic heterocycles. The monoisotopic (exact) mass is 269 g/mol. The smallest absolute Gasteiger partial charge is 0.203 e. The molecule has 0 fully saturated rings. The molecule has 0 spiro atoms. The van der Waals surface area contributed by atoms with Crippen LogP contribution in [0.4, 0.5) is 10.1 Å². The fourth-order valence-electron chi connectivity index (χ4n) is 0.648. The van der Waals surface area contributed by atoms with Crippen LogP contribution < -0.4 is 0 Å². The van der Waals surface area contributed by atoms with E-state index in [2.05, 4.69) is 20.9 Å². The summed E-state index contributed by atoms with van der Waals surface area (Å²) in [4.78, 5) is 2.79. The second-order valence-corrected chi connectivity index (χ2v) is 3.56. The molecule has 0 unspecified atom stereocenters. The summed E-state index contributed by atoms with van der Waals surface area (Å²) in [5.74, 6) is -0.797. The Bertz CT molecular complexity index is 375. The number of hydrogen-bond acceptors (Lipinski definition) is 1. The Morgan fingerprint density at radius 1 is 1.50 bits per heavy atom. The predicted molar refractivity (Wildman–Crippen MR) is 48.9 cm³/mol. The minimum Gasteiger partial charge on any atom is -0.203 e. The Kier molecular flexibility index (Phi) is 2.89. The third-order valence-corrected chi connectivity index (χ3v) is 2.41. The second-order valence-electron chi connectivity index (χ2n) is 1.92. The van der Waals surface area contributed by atoms with Crippen LogP contribution in [0.1, 0.15) is 0 Å². The SMILES string of the molecule is N#[N+]c1c(Br)cc(Cl)c(F)c1Cl. The van der Waals surface area contributed by atoms with E-state index in [1.807, 2.05) is 0 Å². The summed E-state index contributed by atoms with van der Waals surface area (Å²) in [5, 5.41) is 7.98. The molecule has 62 valence electrons. The van der Waals surface area contributed by atoms with Crippen LogP contribution in [0, 0.1) is 11.2 Å². The zero-order chi connectivity index (χ0) is 9.30. The second kappa shape index (κ2) is 3.56. The Balaban J connectivity index is 3.54. The van der Waals surface area contributed by atoms with Crippen LogP contribution in [0.15, 0.2) is 10.5 Å². The fourth-order valence-corrected chi connectivity index (χ4v) is 1.89. The Hall–Kier alpha value is -0.370. The molecule has 0 N–H and O–H groups in total. The van der Waals surface area contributed by atoms with E-state index < -0.39 is 5.82 Å². The van der Waals surface area contributed by atoms with Crippen molar-refractivity contribution < 1.29 is 4.39 Å². The summed E-state index contributed by atoms with van der Waals surface area (Å²) in [7, 11) is 0. The first-order valence-electron chi connectivity index (χ1n) is 2.76. The highest BCUT2D eigenvalue weighted by Crippen LogP contribution is 2.38. The minimum atomic E-state index is -0.797. The standard InChI is InChI=1S/C6HBrCl2FN2/c7-2-1-3(8)5(10)4(9)6(2)12-11/h1H/q+1. The Morgan fingerprint density at radius 3 is 2.58 bits per heavy atom. The normalized spacial score (nSPS) is 9.58. The maximum atomic E-state index is 12.9. The summed E-state index contributed by atoms with van der Waals surface area (Å²) in [6.45, 7) is 0. The number of nitrogens with zero attached hydrogens (tertiary/aromatic N) is 2. The topological polar surface area (TPSA) is 28.1 Å². The number of rotatable bonds is 0. The van der Waals surface area contributed by atoms with E-state index in [4.69, 9.17) is 28.6 Å². The number of diazo groups is 1. The lowest BCUT2D eigenvalue weighted by Crippen LogP contribution is -1.80. The summed E-state index contributed by atoms with van der Waals surface area (Å²) in [6.07, 6.45) is 0. The molecule has 0 amide bonds. The molecule has 0 aliphatic rings. The zero-order valence-corrected chi connectivity index (χ0v) is 8.58. The Morgan fingerprint density at radius 2 is 2.08 bits per heavy atom. The van der Waals surface area contributed by atoms with Crippen molar-refractivity contribution in [2.45, 2.75) is 0 Å². The van der Waals surface area contributed by atoms with Crippen molar-refractivity contribution in [2.75, 3.05) is 0 Å². The molecule has 0 bridgehead atoms. The van der Waals surface area contributed by atoms with Gasteiger partial charge in [-0.05, 0) is 22.0 Å². The molecule has 0 radical (unpaired) electrons. The van der Waals surface area contributed by atoms with Gasteiger partial charge in [0.05, 0.1) is 5.02 Å². The summed E-state index contributed by atoms with van der Waals surface area (Å²) < 4.78 is 13.2. The molecule has 0 saturated carbocycles. The van der Waals surface area contributed by atoms with Crippen molar-refractivity contribution in [3.8, 4) is 0 Å². The highest BCUT2D eigenvalue weighted by Gasteiger charge is 2.23. The Labute approximate surface area is 86.0 Å². The zero-order valence-electron chi connectivity index (χ0n) is 5.48. The van der Waals surface area contributed by atoms with Gasteiger partial charge in [-0.1, -0.05) is 23.2 Å². The van der Waals surface area contributed by atoms with E-state index in [1.165, 1.54) is 6.07 Å². The van der Waals surface area contributed by atoms with Gasteiger partial charge in [0.25, 0.3) is 0 Å². The van der Waals surface area contributed by atoms with E-state index in [0.717, 1.165) is 0 Å². The van der Waals surface area contributed by atoms with Crippen LogP contribution in [0.2, 0.25) is 10.0 Å². The van der Waals surface area contributed by atoms with Crippen LogP contribution in [0.25, 0.3) is 4.98 Å². The minimum absolute atomic E-state index is 0.0708. The van der Waals surface area contributed by atoms with Gasteiger partial charge in [0, 0.05) is 0 Å². The maximum absolute atomic E-state index is 12.9. The van der Waals surface area contributed by atoms with Crippen LogP contribution >= 0.6 is 39.1 Å². The molecule has 1 aromatic rings. The van der Waals surface area contributed by atoms with Crippen LogP contribution in [-0.2, 0) is 0 Å². The first-order chi connectivity index (χ1) is 5.57. The molecule has 12 heavy (non-hydrogen) atoms. The third-order valence-electron chi connectivity index (χ3n) is 1.19. The summed E-state index contributed by atoms with van der Waals surface area (Å²) in [5.41, 5.74) is -0.0708. The molecule has 0 aliphatic heterocycles. The van der Waals surface area contributed by atoms with Crippen molar-refractivity contribution in [2.24, 2.45) is 0 Å². The van der Waals surface area contributed by atoms with Gasteiger partial charge >= 0.3 is 5.69 Å². The van der Waals surface area contributed by atoms with Crippen molar-refractivity contribution >= 4 is 44.8 Å². The first-order valence-corrected chi connectivity index (χ1v) is 4.31. The van der Waals surface area contributed by atoms with E-state index in [-0.39, 0.29) is 15.7 Å². The highest BCUT2D eigenvalue weighted by atomic mass is 79.9. The molecule has 0 heterocycles. The lowest BCUT2D eigenvalue weighted by atomic mass is 10.3. The number of hydrogen-bond donors (Lipinski definition) is 0. The van der Waals surface area contributed by atoms with Crippen molar-refractivity contribution in [1.82, 2.24) is 0 Å². The lowest BCUT2D eigenvalue weighted by Gasteiger charge is -1.94. The first kappa shape index (κ1) is 9.72. The molecular weight excluding hydrogens is 270 g/mol. The average molecular weight is 271 g/mol. The van der Waals surface area contributed by atoms with Gasteiger partial charge in [-0.2, -0.15) is 0 Å². The third kappa shape index (κ3) is 1.53. The van der Waals surface area contributed by atoms with Gasteiger partial charge in [-0.15, -0.1) is 0 Å². The molecule has 0 saturated heterocycles. The fraction of sp³-hybridized carbons (Fsp3) is 0. The van der Waals surface area contributed by atoms with Crippen molar-refractivity contribution in [3.05, 3.63) is 31.4 Å². The van der Waals surface area contributed by atoms with E-state index in [1.54, 1.807) is 0 Å². The van der Waals surface area contributed by atoms with Gasteiger partial charge in [-0.3, -0.25) is 0 Å². The van der Waals surface area contributed by atoms with Gasteiger partial charge in [0.15, 0.2) is 15.8 Å². The predicted octanol–water partition coefficient (Wildman–Crippen LogP) is 4.38. The average Bonchev–Trinajstić information content (AvgIpc) is 2.01. The van der Waals surface area contributed by atoms with Crippen LogP contribution in [0.3, 0.4) is 0 Å². The molecule has 1 aromatic carbocycles. The van der Waals surface area contributed by atoms with E-state index in [0.29, 0.717) is 4.47 Å². The molecule has 0 atom stereocenters. The molecule has 6 heteroatoms. The maximum Gasteiger partial charge on any atom is 0.420 e. The van der Waals surface area contributed by atoms with Crippen LogP contribution in [-0.4, -0.2) is 0 Å². The molecule has 2 nitrogen and oxygen atoms in total. The van der Waals surface area contributed by atoms with Gasteiger partial charge in [0.2, 0.25) is 5.39 Å². The van der Waals surface area contributed by atoms with Gasteiger partial charge in [0.1, 0.15) is 4.47 Å². The lowest BCUT2D eigenvalue weighted by molar-refractivity contribution is 0.629. The van der Waals surface area contributed by atoms with Crippen molar-refractivity contribution in [1.29, 1.82) is 5.39 Å². The highest BCUT2D eigenvalue weighted by molar-refractivity contribution is 9.10.